The van der Waals surface area contributed by atoms with Crippen LogP contribution in [0.4, 0.5) is 4.39 Å². The Hall–Kier alpha value is -2.58. The second kappa shape index (κ2) is 5.90. The Labute approximate surface area is 130 Å². The summed E-state index contributed by atoms with van der Waals surface area (Å²) in [6.45, 7) is 1.81. The van der Waals surface area contributed by atoms with Crippen molar-refractivity contribution in [2.24, 2.45) is 0 Å². The van der Waals surface area contributed by atoms with Crippen LogP contribution in [0.3, 0.4) is 0 Å². The van der Waals surface area contributed by atoms with Gasteiger partial charge in [0.25, 0.3) is 5.91 Å². The van der Waals surface area contributed by atoms with Crippen LogP contribution < -0.4 is 5.32 Å². The molecular formula is C15H15FN2O5. The molecule has 4 N–H and O–H groups in total. The van der Waals surface area contributed by atoms with Gasteiger partial charge in [-0.25, -0.2) is 4.39 Å². The number of nitrogens with one attached hydrogen (secondary N) is 2. The van der Waals surface area contributed by atoms with Crippen molar-refractivity contribution in [3.8, 4) is 11.5 Å². The fourth-order valence-corrected chi connectivity index (χ4v) is 2.20. The van der Waals surface area contributed by atoms with Gasteiger partial charge in [0.1, 0.15) is 11.5 Å². The number of halogens is 1. The molecule has 23 heavy (non-hydrogen) atoms. The number of aromatic amines is 1. The Morgan fingerprint density at radius 1 is 1.26 bits per heavy atom. The van der Waals surface area contributed by atoms with Crippen molar-refractivity contribution in [2.75, 3.05) is 0 Å². The molecule has 0 aliphatic carbocycles. The van der Waals surface area contributed by atoms with Crippen LogP contribution in [0.1, 0.15) is 35.0 Å². The predicted octanol–water partition coefficient (Wildman–Crippen LogP) is 1.89. The molecule has 122 valence electrons. The third-order valence-corrected chi connectivity index (χ3v) is 3.44. The molecule has 8 heteroatoms. The number of H-pyrrole nitrogens is 1. The minimum Gasteiger partial charge on any atom is -0.503 e. The third kappa shape index (κ3) is 2.99. The topological polar surface area (TPSA) is 104 Å². The molecular weight excluding hydrogens is 307 g/mol. The van der Waals surface area contributed by atoms with E-state index in [0.717, 1.165) is 0 Å². The van der Waals surface area contributed by atoms with Crippen molar-refractivity contribution in [2.45, 2.75) is 26.0 Å². The number of amides is 1. The lowest BCUT2D eigenvalue weighted by molar-refractivity contribution is -0.384. The summed E-state index contributed by atoms with van der Waals surface area (Å²) in [5.74, 6) is -2.07. The first-order chi connectivity index (χ1) is 11.0. The smallest absolute Gasteiger partial charge is 0.271 e. The Morgan fingerprint density at radius 3 is 2.52 bits per heavy atom. The Bertz CT molecular complexity index is 722. The molecule has 1 aromatic carbocycles. The van der Waals surface area contributed by atoms with Crippen molar-refractivity contribution in [3.05, 3.63) is 47.0 Å². The summed E-state index contributed by atoms with van der Waals surface area (Å²) in [5, 5.41) is 22.3. The van der Waals surface area contributed by atoms with E-state index in [9.17, 15) is 19.4 Å². The summed E-state index contributed by atoms with van der Waals surface area (Å²) in [7, 11) is 0. The van der Waals surface area contributed by atoms with E-state index in [1.54, 1.807) is 6.92 Å². The van der Waals surface area contributed by atoms with Gasteiger partial charge in [-0.15, -0.1) is 0 Å². The minimum atomic E-state index is -0.852. The first-order valence-electron chi connectivity index (χ1n) is 6.93. The van der Waals surface area contributed by atoms with Gasteiger partial charge in [0.2, 0.25) is 6.29 Å². The van der Waals surface area contributed by atoms with E-state index in [0.29, 0.717) is 5.56 Å². The molecule has 0 spiro atoms. The fourth-order valence-electron chi connectivity index (χ4n) is 2.20. The number of benzene rings is 1. The number of rotatable bonds is 4. The molecule has 0 radical (unpaired) electrons. The maximum atomic E-state index is 12.8. The first kappa shape index (κ1) is 15.3. The molecule has 1 fully saturated rings. The lowest BCUT2D eigenvalue weighted by atomic mass is 10.2. The van der Waals surface area contributed by atoms with Crippen LogP contribution in [0.5, 0.6) is 11.5 Å². The maximum absolute atomic E-state index is 12.8. The van der Waals surface area contributed by atoms with Crippen LogP contribution in [0.25, 0.3) is 0 Å². The molecule has 3 rings (SSSR count). The normalized spacial score (nSPS) is 20.1. The van der Waals surface area contributed by atoms with Crippen molar-refractivity contribution in [1.82, 2.24) is 10.3 Å². The van der Waals surface area contributed by atoms with Gasteiger partial charge in [0.15, 0.2) is 23.5 Å². The van der Waals surface area contributed by atoms with Gasteiger partial charge < -0.3 is 30.0 Å². The van der Waals surface area contributed by atoms with Crippen LogP contribution in [0.15, 0.2) is 24.3 Å². The Morgan fingerprint density at radius 2 is 1.91 bits per heavy atom. The van der Waals surface area contributed by atoms with Gasteiger partial charge in [0.05, 0.1) is 0 Å². The van der Waals surface area contributed by atoms with Gasteiger partial charge in [-0.3, -0.25) is 4.79 Å². The molecule has 1 aliphatic heterocycles. The van der Waals surface area contributed by atoms with Gasteiger partial charge in [-0.1, -0.05) is 12.1 Å². The zero-order valence-electron chi connectivity index (χ0n) is 12.2. The SMILES string of the molecule is CC1OC(c2[nH]c(C(=O)NCc3ccc(F)cc3)c(O)c2O)O1. The average Bonchev–Trinajstić information content (AvgIpc) is 2.79. The highest BCUT2D eigenvalue weighted by atomic mass is 19.1. The number of aromatic nitrogens is 1. The van der Waals surface area contributed by atoms with Gasteiger partial charge in [-0.05, 0) is 24.6 Å². The highest BCUT2D eigenvalue weighted by Gasteiger charge is 2.35. The number of aromatic hydroxyl groups is 2. The number of hydrogen-bond acceptors (Lipinski definition) is 5. The van der Waals surface area contributed by atoms with E-state index in [1.165, 1.54) is 24.3 Å². The first-order valence-corrected chi connectivity index (χ1v) is 6.93. The molecule has 0 saturated carbocycles. The molecule has 1 aliphatic rings. The van der Waals surface area contributed by atoms with Gasteiger partial charge in [0, 0.05) is 6.54 Å². The summed E-state index contributed by atoms with van der Waals surface area (Å²) >= 11 is 0. The third-order valence-electron chi connectivity index (χ3n) is 3.44. The molecule has 7 nitrogen and oxygen atoms in total. The maximum Gasteiger partial charge on any atom is 0.271 e. The highest BCUT2D eigenvalue weighted by Crippen LogP contribution is 2.42. The molecule has 1 saturated heterocycles. The van der Waals surface area contributed by atoms with Gasteiger partial charge in [-0.2, -0.15) is 0 Å². The number of ether oxygens (including phenoxy) is 2. The number of carbonyl (C=O) groups is 1. The van der Waals surface area contributed by atoms with Crippen molar-refractivity contribution in [1.29, 1.82) is 0 Å². The molecule has 1 amide bonds. The van der Waals surface area contributed by atoms with E-state index in [4.69, 9.17) is 9.47 Å². The van der Waals surface area contributed by atoms with E-state index in [-0.39, 0.29) is 23.7 Å². The summed E-state index contributed by atoms with van der Waals surface area (Å²) in [5.41, 5.74) is 0.564. The zero-order chi connectivity index (χ0) is 16.6. The molecule has 2 aromatic rings. The Balaban J connectivity index is 1.69. The molecule has 2 heterocycles. The van der Waals surface area contributed by atoms with Crippen LogP contribution in [-0.4, -0.2) is 27.4 Å². The lowest BCUT2D eigenvalue weighted by Gasteiger charge is -2.32. The van der Waals surface area contributed by atoms with Crippen LogP contribution >= 0.6 is 0 Å². The lowest BCUT2D eigenvalue weighted by Crippen LogP contribution is -2.32. The predicted molar refractivity (Wildman–Crippen MR) is 76.1 cm³/mol. The van der Waals surface area contributed by atoms with E-state index >= 15 is 0 Å². The summed E-state index contributed by atoms with van der Waals surface area (Å²) in [6, 6.07) is 5.63. The molecule has 0 bridgehead atoms. The van der Waals surface area contributed by atoms with Crippen molar-refractivity contribution >= 4 is 5.91 Å². The monoisotopic (exact) mass is 322 g/mol. The largest absolute Gasteiger partial charge is 0.503 e. The zero-order valence-corrected chi connectivity index (χ0v) is 12.2. The average molecular weight is 322 g/mol. The van der Waals surface area contributed by atoms with E-state index < -0.39 is 30.0 Å². The fraction of sp³-hybridized carbons (Fsp3) is 0.267. The van der Waals surface area contributed by atoms with Crippen LogP contribution in [-0.2, 0) is 16.0 Å². The minimum absolute atomic E-state index is 0.0764. The summed E-state index contributed by atoms with van der Waals surface area (Å²) in [6.07, 6.45) is -1.27. The van der Waals surface area contributed by atoms with Gasteiger partial charge >= 0.3 is 0 Å². The molecule has 0 atom stereocenters. The second-order valence-corrected chi connectivity index (χ2v) is 5.09. The van der Waals surface area contributed by atoms with E-state index in [2.05, 4.69) is 10.3 Å². The van der Waals surface area contributed by atoms with Crippen LogP contribution in [0, 0.1) is 5.82 Å². The van der Waals surface area contributed by atoms with Crippen molar-refractivity contribution < 1.29 is 28.9 Å². The Kier molecular flexibility index (Phi) is 3.93. The highest BCUT2D eigenvalue weighted by molar-refractivity contribution is 5.96. The standard InChI is InChI=1S/C15H15FN2O5/c1-7-22-15(23-7)11-13(20)12(19)10(18-11)14(21)17-6-8-2-4-9(16)5-3-8/h2-5,7,15,18-20H,6H2,1H3,(H,17,21). The summed E-state index contributed by atoms with van der Waals surface area (Å²) in [4.78, 5) is 14.7. The second-order valence-electron chi connectivity index (χ2n) is 5.09. The molecule has 1 aromatic heterocycles. The molecule has 0 unspecified atom stereocenters. The summed E-state index contributed by atoms with van der Waals surface area (Å²) < 4.78 is 23.2. The number of carbonyl (C=O) groups excluding carboxylic acids is 1. The quantitative estimate of drug-likeness (QED) is 0.688. The van der Waals surface area contributed by atoms with E-state index in [1.807, 2.05) is 0 Å². The van der Waals surface area contributed by atoms with Crippen LogP contribution in [0.2, 0.25) is 0 Å². The van der Waals surface area contributed by atoms with Crippen molar-refractivity contribution in [3.63, 3.8) is 0 Å². The number of hydrogen-bond donors (Lipinski definition) is 4.